The molecule has 5 atom stereocenters. The summed E-state index contributed by atoms with van der Waals surface area (Å²) in [5, 5.41) is 0.578. The fourth-order valence-corrected chi connectivity index (χ4v) is 6.05. The zero-order valence-electron chi connectivity index (χ0n) is 24.4. The van der Waals surface area contributed by atoms with Crippen LogP contribution in [0.25, 0.3) is 0 Å². The topological polar surface area (TPSA) is 78.8 Å². The number of methoxy groups -OCH3 is 1. The second-order valence-electron chi connectivity index (χ2n) is 11.1. The molecule has 0 aliphatic carbocycles. The van der Waals surface area contributed by atoms with E-state index in [9.17, 15) is 4.79 Å². The van der Waals surface area contributed by atoms with Gasteiger partial charge in [-0.1, -0.05) is 68.1 Å². The summed E-state index contributed by atoms with van der Waals surface area (Å²) in [5.74, 6) is 0.947. The number of carbonyl (C=O) groups excluding carboxylic acids is 1. The second-order valence-corrected chi connectivity index (χ2v) is 12.2. The van der Waals surface area contributed by atoms with E-state index in [2.05, 4.69) is 13.8 Å². The van der Waals surface area contributed by atoms with Crippen molar-refractivity contribution in [3.05, 3.63) is 65.7 Å². The van der Waals surface area contributed by atoms with Crippen molar-refractivity contribution in [2.45, 2.75) is 83.5 Å². The summed E-state index contributed by atoms with van der Waals surface area (Å²) in [7, 11) is 1.66. The Kier molecular flexibility index (Phi) is 10.5. The first-order chi connectivity index (χ1) is 19.2. The van der Waals surface area contributed by atoms with Crippen LogP contribution < -0.4 is 4.74 Å². The molecule has 9 heteroatoms. The van der Waals surface area contributed by atoms with Gasteiger partial charge in [-0.15, -0.1) is 0 Å². The van der Waals surface area contributed by atoms with Crippen LogP contribution in [0.1, 0.15) is 52.2 Å². The number of nitrogens with zero attached hydrogens (tertiary/aromatic N) is 2. The molecule has 0 aromatic heterocycles. The maximum Gasteiger partial charge on any atom is 0.416 e. The fourth-order valence-electron chi connectivity index (χ4n) is 4.82. The molecular formula is C31H42N2O6S. The third kappa shape index (κ3) is 8.00. The molecule has 1 unspecified atom stereocenters. The van der Waals surface area contributed by atoms with Gasteiger partial charge in [-0.05, 0) is 50.5 Å². The zero-order valence-corrected chi connectivity index (χ0v) is 25.2. The number of carbonyl (C=O) groups is 1. The molecule has 40 heavy (non-hydrogen) atoms. The van der Waals surface area contributed by atoms with E-state index in [1.807, 2.05) is 75.4 Å². The lowest BCUT2D eigenvalue weighted by molar-refractivity contribution is -0.137. The number of thioether (sulfide) groups is 1. The minimum Gasteiger partial charge on any atom is -0.497 e. The molecule has 1 amide bonds. The summed E-state index contributed by atoms with van der Waals surface area (Å²) in [5.41, 5.74) is 1.26. The van der Waals surface area contributed by atoms with Crippen LogP contribution in [0.3, 0.4) is 0 Å². The van der Waals surface area contributed by atoms with Crippen molar-refractivity contribution >= 4 is 23.0 Å². The van der Waals surface area contributed by atoms with Crippen LogP contribution >= 0.6 is 11.8 Å². The van der Waals surface area contributed by atoms with Crippen LogP contribution in [0, 0.1) is 5.92 Å². The van der Waals surface area contributed by atoms with Gasteiger partial charge in [-0.2, -0.15) is 0 Å². The molecule has 0 spiro atoms. The van der Waals surface area contributed by atoms with Crippen LogP contribution in [0.15, 0.2) is 59.6 Å². The summed E-state index contributed by atoms with van der Waals surface area (Å²) in [6.07, 6.45) is 0.293. The Morgan fingerprint density at radius 1 is 1.05 bits per heavy atom. The number of amides is 1. The second kappa shape index (κ2) is 13.9. The molecule has 8 nitrogen and oxygen atoms in total. The quantitative estimate of drug-likeness (QED) is 0.311. The van der Waals surface area contributed by atoms with Gasteiger partial charge in [-0.25, -0.2) is 4.79 Å². The molecule has 2 aromatic carbocycles. The van der Waals surface area contributed by atoms with E-state index in [1.54, 1.807) is 12.0 Å². The predicted octanol–water partition coefficient (Wildman–Crippen LogP) is 6.28. The Bertz CT molecular complexity index is 1120. The van der Waals surface area contributed by atoms with Crippen LogP contribution in [0.2, 0.25) is 0 Å². The number of aliphatic imine (C=N–C) groups is 1. The summed E-state index contributed by atoms with van der Waals surface area (Å²) >= 11 is 1.46. The number of ether oxygens (including phenoxy) is 5. The molecule has 2 aliphatic heterocycles. The summed E-state index contributed by atoms with van der Waals surface area (Å²) in [6, 6.07) is 17.6. The maximum atomic E-state index is 13.3. The third-order valence-electron chi connectivity index (χ3n) is 6.93. The highest BCUT2D eigenvalue weighted by atomic mass is 32.2. The van der Waals surface area contributed by atoms with Gasteiger partial charge in [0.2, 0.25) is 0 Å². The van der Waals surface area contributed by atoms with Crippen molar-refractivity contribution < 1.29 is 28.5 Å². The molecule has 0 N–H and O–H groups in total. The molecule has 1 fully saturated rings. The summed E-state index contributed by atoms with van der Waals surface area (Å²) in [4.78, 5) is 19.9. The van der Waals surface area contributed by atoms with E-state index >= 15 is 0 Å². The van der Waals surface area contributed by atoms with E-state index in [0.717, 1.165) is 23.3 Å². The Balaban J connectivity index is 1.49. The van der Waals surface area contributed by atoms with Crippen LogP contribution in [-0.4, -0.2) is 65.7 Å². The lowest BCUT2D eigenvalue weighted by Crippen LogP contribution is -2.51. The average Bonchev–Trinajstić information content (AvgIpc) is 3.35. The van der Waals surface area contributed by atoms with Crippen molar-refractivity contribution in [1.29, 1.82) is 0 Å². The molecule has 0 bridgehead atoms. The van der Waals surface area contributed by atoms with Gasteiger partial charge in [0, 0.05) is 5.92 Å². The van der Waals surface area contributed by atoms with Crippen molar-refractivity contribution in [1.82, 2.24) is 4.90 Å². The van der Waals surface area contributed by atoms with Gasteiger partial charge >= 0.3 is 6.09 Å². The monoisotopic (exact) mass is 570 g/mol. The minimum atomic E-state index is -0.640. The number of amidine groups is 1. The van der Waals surface area contributed by atoms with Crippen LogP contribution in [-0.2, 0) is 32.2 Å². The summed E-state index contributed by atoms with van der Waals surface area (Å²) < 4.78 is 29.9. The normalized spacial score (nSPS) is 24.2. The van der Waals surface area contributed by atoms with E-state index in [-0.39, 0.29) is 29.6 Å². The summed E-state index contributed by atoms with van der Waals surface area (Å²) in [6.45, 7) is 11.4. The molecule has 1 saturated heterocycles. The van der Waals surface area contributed by atoms with Crippen LogP contribution in [0.4, 0.5) is 4.79 Å². The highest BCUT2D eigenvalue weighted by molar-refractivity contribution is 8.14. The number of benzene rings is 2. The highest BCUT2D eigenvalue weighted by Crippen LogP contribution is 2.42. The predicted molar refractivity (Wildman–Crippen MR) is 158 cm³/mol. The Morgan fingerprint density at radius 2 is 1.75 bits per heavy atom. The van der Waals surface area contributed by atoms with Gasteiger partial charge in [0.15, 0.2) is 5.17 Å². The molecule has 2 aliphatic rings. The first-order valence-corrected chi connectivity index (χ1v) is 14.8. The maximum absolute atomic E-state index is 13.3. The third-order valence-corrected chi connectivity index (χ3v) is 8.09. The van der Waals surface area contributed by atoms with E-state index in [0.29, 0.717) is 31.5 Å². The van der Waals surface area contributed by atoms with Crippen molar-refractivity contribution in [3.8, 4) is 5.75 Å². The van der Waals surface area contributed by atoms with Crippen molar-refractivity contribution in [3.63, 3.8) is 0 Å². The standard InChI is InChI=1S/C31H42N2O6S/c1-7-25-21(2)27(37-20-23-13-15-24(35-6)16-14-23)26-28(38-25)40-29(32-26)33(30(34)39-31(3,4)5)17-18-36-19-22-11-9-8-10-12-22/h8-16,21,25-28H,7,17-20H2,1-6H3/t21-,25-,26-,27?,28-/m1/s1. The molecular weight excluding hydrogens is 528 g/mol. The van der Waals surface area contributed by atoms with E-state index in [1.165, 1.54) is 11.8 Å². The van der Waals surface area contributed by atoms with Gasteiger partial charge in [0.1, 0.15) is 22.8 Å². The number of fused-ring (bicyclic) bond motifs is 1. The van der Waals surface area contributed by atoms with Gasteiger partial charge in [0.05, 0.1) is 45.7 Å². The molecule has 218 valence electrons. The highest BCUT2D eigenvalue weighted by Gasteiger charge is 2.49. The Hall–Kier alpha value is -2.59. The smallest absolute Gasteiger partial charge is 0.416 e. The van der Waals surface area contributed by atoms with Crippen molar-refractivity contribution in [2.24, 2.45) is 10.9 Å². The van der Waals surface area contributed by atoms with E-state index < -0.39 is 11.7 Å². The lowest BCUT2D eigenvalue weighted by Gasteiger charge is -2.41. The molecule has 2 heterocycles. The molecule has 4 rings (SSSR count). The molecule has 0 saturated carbocycles. The van der Waals surface area contributed by atoms with Gasteiger partial charge in [-0.3, -0.25) is 9.89 Å². The fraction of sp³-hybridized carbons (Fsp3) is 0.548. The Labute approximate surface area is 242 Å². The van der Waals surface area contributed by atoms with Crippen molar-refractivity contribution in [2.75, 3.05) is 20.3 Å². The minimum absolute atomic E-state index is 0.0355. The molecule has 0 radical (unpaired) electrons. The molecule has 2 aromatic rings. The van der Waals surface area contributed by atoms with E-state index in [4.69, 9.17) is 28.7 Å². The number of hydrogen-bond donors (Lipinski definition) is 0. The van der Waals surface area contributed by atoms with Gasteiger partial charge < -0.3 is 23.7 Å². The SMILES string of the molecule is CC[C@H]1O[C@@H]2SC(N(CCOCc3ccccc3)C(=O)OC(C)(C)C)=N[C@@H]2C(OCc2ccc(OC)cc2)[C@@H]1C. The first kappa shape index (κ1) is 30.4. The van der Waals surface area contributed by atoms with Gasteiger partial charge in [0.25, 0.3) is 0 Å². The first-order valence-electron chi connectivity index (χ1n) is 13.9. The number of rotatable bonds is 10. The zero-order chi connectivity index (χ0) is 28.7. The Morgan fingerprint density at radius 3 is 2.40 bits per heavy atom. The van der Waals surface area contributed by atoms with Crippen LogP contribution in [0.5, 0.6) is 5.75 Å². The average molecular weight is 571 g/mol. The largest absolute Gasteiger partial charge is 0.497 e. The number of hydrogen-bond acceptors (Lipinski definition) is 8. The lowest BCUT2D eigenvalue weighted by atomic mass is 9.88.